The Labute approximate surface area is 102 Å². The van der Waals surface area contributed by atoms with Gasteiger partial charge in [0.2, 0.25) is 0 Å². The van der Waals surface area contributed by atoms with Crippen LogP contribution in [0, 0.1) is 19.3 Å². The van der Waals surface area contributed by atoms with Crippen LogP contribution in [-0.4, -0.2) is 15.8 Å². The summed E-state index contributed by atoms with van der Waals surface area (Å²) in [6.45, 7) is 7.50. The first-order valence-corrected chi connectivity index (χ1v) is 5.93. The quantitative estimate of drug-likeness (QED) is 0.800. The van der Waals surface area contributed by atoms with E-state index in [4.69, 9.17) is 18.0 Å². The maximum absolute atomic E-state index is 6.19. The minimum absolute atomic E-state index is 0.0941. The van der Waals surface area contributed by atoms with E-state index in [2.05, 4.69) is 23.3 Å². The summed E-state index contributed by atoms with van der Waals surface area (Å²) in [6.07, 6.45) is 6.30. The predicted molar refractivity (Wildman–Crippen MR) is 67.4 cm³/mol. The molecular formula is C12H18ClN3. The van der Waals surface area contributed by atoms with Crippen molar-refractivity contribution in [2.24, 2.45) is 0 Å². The molecule has 1 N–H and O–H groups in total. The first kappa shape index (κ1) is 13.1. The summed E-state index contributed by atoms with van der Waals surface area (Å²) in [6, 6.07) is 0.0941. The van der Waals surface area contributed by atoms with Crippen molar-refractivity contribution < 1.29 is 0 Å². The smallest absolute Gasteiger partial charge is 0.0860 e. The Hall–Kier alpha value is -0.980. The lowest BCUT2D eigenvalue weighted by atomic mass is 10.2. The molecule has 1 aromatic rings. The van der Waals surface area contributed by atoms with Gasteiger partial charge in [0.1, 0.15) is 0 Å². The summed E-state index contributed by atoms with van der Waals surface area (Å²) < 4.78 is 1.91. The summed E-state index contributed by atoms with van der Waals surface area (Å²) in [5.41, 5.74) is 1.88. The van der Waals surface area contributed by atoms with Crippen molar-refractivity contribution in [2.45, 2.75) is 46.3 Å². The lowest BCUT2D eigenvalue weighted by Gasteiger charge is -2.11. The van der Waals surface area contributed by atoms with Gasteiger partial charge in [0.05, 0.1) is 22.5 Å². The van der Waals surface area contributed by atoms with E-state index in [0.29, 0.717) is 6.54 Å². The van der Waals surface area contributed by atoms with Crippen LogP contribution < -0.4 is 5.32 Å². The van der Waals surface area contributed by atoms with Crippen molar-refractivity contribution in [3.05, 3.63) is 16.4 Å². The summed E-state index contributed by atoms with van der Waals surface area (Å²) >= 11 is 6.19. The predicted octanol–water partition coefficient (Wildman–Crippen LogP) is 2.37. The molecule has 3 nitrogen and oxygen atoms in total. The van der Waals surface area contributed by atoms with Gasteiger partial charge in [0.25, 0.3) is 0 Å². The molecule has 0 bridgehead atoms. The van der Waals surface area contributed by atoms with Crippen LogP contribution in [0.1, 0.15) is 31.7 Å². The molecule has 1 unspecified atom stereocenters. The van der Waals surface area contributed by atoms with Gasteiger partial charge in [0.15, 0.2) is 0 Å². The monoisotopic (exact) mass is 239 g/mol. The highest BCUT2D eigenvalue weighted by atomic mass is 35.5. The van der Waals surface area contributed by atoms with Crippen molar-refractivity contribution in [1.82, 2.24) is 15.1 Å². The largest absolute Gasteiger partial charge is 0.298 e. The molecule has 0 amide bonds. The summed E-state index contributed by atoms with van der Waals surface area (Å²) in [4.78, 5) is 0. The molecule has 0 aliphatic rings. The van der Waals surface area contributed by atoms with Crippen molar-refractivity contribution >= 4 is 11.6 Å². The molecule has 0 radical (unpaired) electrons. The first-order chi connectivity index (χ1) is 7.63. The van der Waals surface area contributed by atoms with Gasteiger partial charge in [-0.25, -0.2) is 0 Å². The fraction of sp³-hybridized carbons (Fsp3) is 0.583. The zero-order valence-corrected chi connectivity index (χ0v) is 10.8. The van der Waals surface area contributed by atoms with E-state index in [1.54, 1.807) is 0 Å². The number of rotatable bonds is 5. The molecule has 0 aliphatic carbocycles. The Bertz CT molecular complexity index is 390. The average Bonchev–Trinajstić information content (AvgIpc) is 2.57. The molecule has 0 saturated carbocycles. The highest BCUT2D eigenvalue weighted by Gasteiger charge is 2.13. The van der Waals surface area contributed by atoms with Crippen LogP contribution in [0.3, 0.4) is 0 Å². The molecule has 16 heavy (non-hydrogen) atoms. The fourth-order valence-electron chi connectivity index (χ4n) is 1.58. The van der Waals surface area contributed by atoms with Gasteiger partial charge in [0, 0.05) is 13.1 Å². The number of nitrogens with zero attached hydrogens (tertiary/aromatic N) is 2. The van der Waals surface area contributed by atoms with Crippen LogP contribution in [0.4, 0.5) is 0 Å². The van der Waals surface area contributed by atoms with E-state index in [1.807, 2.05) is 18.5 Å². The molecule has 4 heteroatoms. The van der Waals surface area contributed by atoms with Crippen molar-refractivity contribution in [1.29, 1.82) is 0 Å². The molecule has 0 saturated heterocycles. The topological polar surface area (TPSA) is 29.9 Å². The maximum Gasteiger partial charge on any atom is 0.0860 e. The number of halogens is 1. The van der Waals surface area contributed by atoms with E-state index in [9.17, 15) is 0 Å². The summed E-state index contributed by atoms with van der Waals surface area (Å²) in [5, 5.41) is 8.37. The molecule has 0 aromatic carbocycles. The highest BCUT2D eigenvalue weighted by molar-refractivity contribution is 6.31. The molecule has 1 heterocycles. The summed E-state index contributed by atoms with van der Waals surface area (Å²) in [5.74, 6) is 2.70. The third kappa shape index (κ3) is 2.78. The van der Waals surface area contributed by atoms with Gasteiger partial charge in [-0.2, -0.15) is 5.10 Å². The van der Waals surface area contributed by atoms with Crippen LogP contribution in [0.15, 0.2) is 0 Å². The van der Waals surface area contributed by atoms with Gasteiger partial charge in [-0.15, -0.1) is 6.42 Å². The minimum atomic E-state index is 0.0941. The zero-order chi connectivity index (χ0) is 12.1. The third-order valence-corrected chi connectivity index (χ3v) is 3.07. The number of aryl methyl sites for hydroxylation is 2. The van der Waals surface area contributed by atoms with Crippen LogP contribution in [-0.2, 0) is 13.1 Å². The Balaban J connectivity index is 2.77. The molecule has 1 aromatic heterocycles. The normalized spacial score (nSPS) is 12.4. The minimum Gasteiger partial charge on any atom is -0.298 e. The van der Waals surface area contributed by atoms with Crippen molar-refractivity contribution in [2.75, 3.05) is 0 Å². The standard InChI is InChI=1S/C12H18ClN3/c1-5-10(6-2)14-8-11-12(13)9(4)15-16(11)7-3/h1,10,14H,6-8H2,2-4H3. The lowest BCUT2D eigenvalue weighted by molar-refractivity contribution is 0.543. The van der Waals surface area contributed by atoms with Gasteiger partial charge >= 0.3 is 0 Å². The Morgan fingerprint density at radius 2 is 2.25 bits per heavy atom. The average molecular weight is 240 g/mol. The molecule has 0 aliphatic heterocycles. The molecule has 1 rings (SSSR count). The highest BCUT2D eigenvalue weighted by Crippen LogP contribution is 2.20. The van der Waals surface area contributed by atoms with Gasteiger partial charge in [-0.1, -0.05) is 24.4 Å². The third-order valence-electron chi connectivity index (χ3n) is 2.58. The van der Waals surface area contributed by atoms with E-state index < -0.39 is 0 Å². The molecule has 88 valence electrons. The lowest BCUT2D eigenvalue weighted by Crippen LogP contribution is -2.27. The molecule has 0 fully saturated rings. The van der Waals surface area contributed by atoms with Crippen molar-refractivity contribution in [3.63, 3.8) is 0 Å². The first-order valence-electron chi connectivity index (χ1n) is 5.55. The second kappa shape index (κ2) is 5.93. The van der Waals surface area contributed by atoms with Gasteiger partial charge in [-0.3, -0.25) is 10.00 Å². The van der Waals surface area contributed by atoms with Crippen LogP contribution in [0.25, 0.3) is 0 Å². The van der Waals surface area contributed by atoms with E-state index in [1.165, 1.54) is 0 Å². The number of nitrogens with one attached hydrogen (secondary N) is 1. The summed E-state index contributed by atoms with van der Waals surface area (Å²) in [7, 11) is 0. The zero-order valence-electron chi connectivity index (χ0n) is 10.0. The SMILES string of the molecule is C#CC(CC)NCc1c(Cl)c(C)nn1CC. The van der Waals surface area contributed by atoms with Crippen LogP contribution in [0.5, 0.6) is 0 Å². The van der Waals surface area contributed by atoms with Crippen LogP contribution >= 0.6 is 11.6 Å². The van der Waals surface area contributed by atoms with E-state index in [-0.39, 0.29) is 6.04 Å². The second-order valence-corrected chi connectivity index (χ2v) is 4.05. The van der Waals surface area contributed by atoms with Gasteiger partial charge < -0.3 is 0 Å². The fourth-order valence-corrected chi connectivity index (χ4v) is 1.78. The Morgan fingerprint density at radius 3 is 2.75 bits per heavy atom. The van der Waals surface area contributed by atoms with Gasteiger partial charge in [-0.05, 0) is 20.3 Å². The Kier molecular flexibility index (Phi) is 4.85. The van der Waals surface area contributed by atoms with Crippen molar-refractivity contribution in [3.8, 4) is 12.3 Å². The second-order valence-electron chi connectivity index (χ2n) is 3.67. The van der Waals surface area contributed by atoms with E-state index >= 15 is 0 Å². The number of aromatic nitrogens is 2. The number of hydrogen-bond donors (Lipinski definition) is 1. The molecular weight excluding hydrogens is 222 g/mol. The Morgan fingerprint density at radius 1 is 1.56 bits per heavy atom. The molecule has 0 spiro atoms. The van der Waals surface area contributed by atoms with Crippen LogP contribution in [0.2, 0.25) is 5.02 Å². The number of terminal acetylenes is 1. The molecule has 1 atom stereocenters. The number of hydrogen-bond acceptors (Lipinski definition) is 2. The van der Waals surface area contributed by atoms with E-state index in [0.717, 1.165) is 29.4 Å². The maximum atomic E-state index is 6.19.